The van der Waals surface area contributed by atoms with Crippen molar-refractivity contribution >= 4 is 16.8 Å². The lowest BCUT2D eigenvalue weighted by Gasteiger charge is -2.28. The highest BCUT2D eigenvalue weighted by atomic mass is 16.5. The van der Waals surface area contributed by atoms with Crippen LogP contribution in [0.5, 0.6) is 5.75 Å². The second-order valence-electron chi connectivity index (χ2n) is 7.09. The molecule has 25 heavy (non-hydrogen) atoms. The van der Waals surface area contributed by atoms with Crippen molar-refractivity contribution in [3.8, 4) is 5.75 Å². The number of carbonyl (C=O) groups excluding carboxylic acids is 1. The van der Waals surface area contributed by atoms with Gasteiger partial charge in [-0.1, -0.05) is 0 Å². The van der Waals surface area contributed by atoms with Gasteiger partial charge in [-0.2, -0.15) is 0 Å². The molecule has 0 saturated carbocycles. The Labute approximate surface area is 148 Å². The fourth-order valence-electron chi connectivity index (χ4n) is 3.51. The number of methoxy groups -OCH3 is 1. The first-order chi connectivity index (χ1) is 12.0. The second-order valence-corrected chi connectivity index (χ2v) is 7.09. The van der Waals surface area contributed by atoms with Crippen LogP contribution in [0.4, 0.5) is 0 Å². The molecule has 1 aliphatic rings. The molecule has 1 aliphatic heterocycles. The van der Waals surface area contributed by atoms with Crippen molar-refractivity contribution in [2.45, 2.75) is 18.9 Å². The Kier molecular flexibility index (Phi) is 5.30. The molecule has 1 amide bonds. The monoisotopic (exact) mass is 345 g/mol. The molecular formula is C19H27N3O3. The molecule has 6 heteroatoms. The molecular weight excluding hydrogens is 318 g/mol. The number of fused-ring (bicyclic) bond motifs is 1. The van der Waals surface area contributed by atoms with Crippen molar-refractivity contribution < 1.29 is 14.6 Å². The summed E-state index contributed by atoms with van der Waals surface area (Å²) in [6, 6.07) is 7.91. The first-order valence-corrected chi connectivity index (χ1v) is 8.75. The summed E-state index contributed by atoms with van der Waals surface area (Å²) >= 11 is 0. The number of aromatic amines is 1. The van der Waals surface area contributed by atoms with Crippen molar-refractivity contribution in [2.75, 3.05) is 40.9 Å². The lowest BCUT2D eigenvalue weighted by Crippen LogP contribution is -2.42. The number of likely N-dealkylation sites (tertiary alicyclic amines) is 1. The Morgan fingerprint density at radius 3 is 2.80 bits per heavy atom. The number of benzene rings is 1. The molecule has 2 heterocycles. The zero-order chi connectivity index (χ0) is 18.0. The van der Waals surface area contributed by atoms with Gasteiger partial charge in [0.05, 0.1) is 7.11 Å². The van der Waals surface area contributed by atoms with E-state index in [9.17, 15) is 9.90 Å². The van der Waals surface area contributed by atoms with Gasteiger partial charge in [-0.3, -0.25) is 4.79 Å². The average molecular weight is 345 g/mol. The number of aliphatic hydroxyl groups excluding tert-OH is 1. The van der Waals surface area contributed by atoms with Gasteiger partial charge in [-0.15, -0.1) is 0 Å². The average Bonchev–Trinajstić information content (AvgIpc) is 2.91. The highest BCUT2D eigenvalue weighted by Crippen LogP contribution is 2.24. The minimum atomic E-state index is -0.0117. The summed E-state index contributed by atoms with van der Waals surface area (Å²) < 4.78 is 5.25. The molecule has 0 bridgehead atoms. The van der Waals surface area contributed by atoms with E-state index in [1.807, 2.05) is 43.3 Å². The van der Waals surface area contributed by atoms with Gasteiger partial charge in [0.25, 0.3) is 5.91 Å². The van der Waals surface area contributed by atoms with Crippen molar-refractivity contribution in [3.05, 3.63) is 30.0 Å². The Balaban J connectivity index is 1.86. The van der Waals surface area contributed by atoms with Crippen LogP contribution >= 0.6 is 0 Å². The Morgan fingerprint density at radius 2 is 2.12 bits per heavy atom. The van der Waals surface area contributed by atoms with Gasteiger partial charge in [-0.05, 0) is 57.1 Å². The van der Waals surface area contributed by atoms with E-state index < -0.39 is 0 Å². The van der Waals surface area contributed by atoms with Crippen LogP contribution in [0.2, 0.25) is 0 Å². The van der Waals surface area contributed by atoms with Crippen LogP contribution < -0.4 is 4.74 Å². The summed E-state index contributed by atoms with van der Waals surface area (Å²) in [4.78, 5) is 20.3. The molecule has 1 aromatic carbocycles. The number of hydrogen-bond acceptors (Lipinski definition) is 4. The van der Waals surface area contributed by atoms with Gasteiger partial charge in [0.2, 0.25) is 0 Å². The number of nitrogens with zero attached hydrogens (tertiary/aromatic N) is 2. The Bertz CT molecular complexity index is 741. The smallest absolute Gasteiger partial charge is 0.270 e. The number of amides is 1. The van der Waals surface area contributed by atoms with Crippen LogP contribution in [0.25, 0.3) is 10.9 Å². The van der Waals surface area contributed by atoms with Gasteiger partial charge in [-0.25, -0.2) is 0 Å². The SMILES string of the molecule is COc1ccc2[nH]c(C(=O)N3C[C@@H](CO)CC[C@@H](N(C)C)C3)cc2c1. The topological polar surface area (TPSA) is 68.8 Å². The molecule has 1 saturated heterocycles. The third-order valence-corrected chi connectivity index (χ3v) is 5.15. The molecule has 1 aromatic heterocycles. The zero-order valence-corrected chi connectivity index (χ0v) is 15.2. The fraction of sp³-hybridized carbons (Fsp3) is 0.526. The summed E-state index contributed by atoms with van der Waals surface area (Å²) in [7, 11) is 5.72. The van der Waals surface area contributed by atoms with Crippen molar-refractivity contribution in [3.63, 3.8) is 0 Å². The number of aliphatic hydroxyl groups is 1. The van der Waals surface area contributed by atoms with Crippen molar-refractivity contribution in [2.24, 2.45) is 5.92 Å². The number of nitrogens with one attached hydrogen (secondary N) is 1. The van der Waals surface area contributed by atoms with Crippen LogP contribution in [0.1, 0.15) is 23.3 Å². The normalized spacial score (nSPS) is 21.6. The maximum absolute atomic E-state index is 13.1. The standard InChI is InChI=1S/C19H27N3O3/c1-21(2)15-5-4-13(12-23)10-22(11-15)19(24)18-9-14-8-16(25-3)6-7-17(14)20-18/h6-9,13,15,20,23H,4-5,10-12H2,1-3H3/t13-,15+/m0/s1. The van der Waals surface area contributed by atoms with Gasteiger partial charge >= 0.3 is 0 Å². The molecule has 2 aromatic rings. The van der Waals surface area contributed by atoms with E-state index in [1.165, 1.54) is 0 Å². The van der Waals surface area contributed by atoms with E-state index in [2.05, 4.69) is 9.88 Å². The predicted molar refractivity (Wildman–Crippen MR) is 98.0 cm³/mol. The predicted octanol–water partition coefficient (Wildman–Crippen LogP) is 1.95. The Hall–Kier alpha value is -2.05. The third kappa shape index (κ3) is 3.80. The van der Waals surface area contributed by atoms with Gasteiger partial charge < -0.3 is 24.6 Å². The quantitative estimate of drug-likeness (QED) is 0.889. The molecule has 1 fully saturated rings. The molecule has 0 aliphatic carbocycles. The summed E-state index contributed by atoms with van der Waals surface area (Å²) in [6.45, 7) is 1.40. The zero-order valence-electron chi connectivity index (χ0n) is 15.2. The number of rotatable bonds is 4. The van der Waals surface area contributed by atoms with Crippen LogP contribution in [0.3, 0.4) is 0 Å². The van der Waals surface area contributed by atoms with Crippen LogP contribution in [-0.2, 0) is 0 Å². The van der Waals surface area contributed by atoms with Crippen molar-refractivity contribution in [1.82, 2.24) is 14.8 Å². The molecule has 0 radical (unpaired) electrons. The summed E-state index contributed by atoms with van der Waals surface area (Å²) in [6.07, 6.45) is 1.93. The molecule has 0 spiro atoms. The lowest BCUT2D eigenvalue weighted by molar-refractivity contribution is 0.0684. The van der Waals surface area contributed by atoms with E-state index in [-0.39, 0.29) is 18.4 Å². The first kappa shape index (κ1) is 17.8. The molecule has 0 unspecified atom stereocenters. The minimum Gasteiger partial charge on any atom is -0.497 e. The van der Waals surface area contributed by atoms with E-state index in [4.69, 9.17) is 4.74 Å². The van der Waals surface area contributed by atoms with E-state index in [0.717, 1.165) is 29.5 Å². The van der Waals surface area contributed by atoms with E-state index >= 15 is 0 Å². The van der Waals surface area contributed by atoms with Gasteiger partial charge in [0.15, 0.2) is 0 Å². The molecule has 136 valence electrons. The molecule has 6 nitrogen and oxygen atoms in total. The lowest BCUT2D eigenvalue weighted by atomic mass is 10.0. The number of H-pyrrole nitrogens is 1. The second kappa shape index (κ2) is 7.45. The van der Waals surface area contributed by atoms with Crippen LogP contribution in [0.15, 0.2) is 24.3 Å². The van der Waals surface area contributed by atoms with E-state index in [0.29, 0.717) is 24.8 Å². The molecule has 3 rings (SSSR count). The summed E-state index contributed by atoms with van der Waals surface area (Å²) in [5, 5.41) is 10.6. The van der Waals surface area contributed by atoms with Gasteiger partial charge in [0, 0.05) is 36.6 Å². The number of ether oxygens (including phenoxy) is 1. The van der Waals surface area contributed by atoms with Gasteiger partial charge in [0.1, 0.15) is 11.4 Å². The number of carbonyl (C=O) groups is 1. The maximum atomic E-state index is 13.1. The summed E-state index contributed by atoms with van der Waals surface area (Å²) in [5.74, 6) is 0.897. The highest BCUT2D eigenvalue weighted by Gasteiger charge is 2.29. The maximum Gasteiger partial charge on any atom is 0.270 e. The Morgan fingerprint density at radius 1 is 1.32 bits per heavy atom. The van der Waals surface area contributed by atoms with E-state index in [1.54, 1.807) is 7.11 Å². The number of likely N-dealkylation sites (N-methyl/N-ethyl adjacent to an activating group) is 1. The number of aromatic nitrogens is 1. The third-order valence-electron chi connectivity index (χ3n) is 5.15. The minimum absolute atomic E-state index is 0.0117. The largest absolute Gasteiger partial charge is 0.497 e. The molecule has 2 N–H and O–H groups in total. The molecule has 2 atom stereocenters. The first-order valence-electron chi connectivity index (χ1n) is 8.75. The van der Waals surface area contributed by atoms with Crippen LogP contribution in [0, 0.1) is 5.92 Å². The van der Waals surface area contributed by atoms with Crippen molar-refractivity contribution in [1.29, 1.82) is 0 Å². The fourth-order valence-corrected chi connectivity index (χ4v) is 3.51. The summed E-state index contributed by atoms with van der Waals surface area (Å²) in [5.41, 5.74) is 1.50. The number of hydrogen-bond donors (Lipinski definition) is 2. The van der Waals surface area contributed by atoms with Crippen LogP contribution in [-0.4, -0.2) is 72.7 Å². The highest BCUT2D eigenvalue weighted by molar-refractivity contribution is 5.98.